The quantitative estimate of drug-likeness (QED) is 0.808. The molecule has 2 aliphatic heterocycles. The summed E-state index contributed by atoms with van der Waals surface area (Å²) in [5.41, 5.74) is 1.47. The number of nitrogens with zero attached hydrogens (tertiary/aromatic N) is 4. The molecule has 152 valence electrons. The first kappa shape index (κ1) is 19.7. The molecule has 9 nitrogen and oxygen atoms in total. The Balaban J connectivity index is 1.61. The monoisotopic (exact) mass is 401 g/mol. The molecule has 0 atom stereocenters. The van der Waals surface area contributed by atoms with Crippen molar-refractivity contribution < 1.29 is 32.0 Å². The van der Waals surface area contributed by atoms with Crippen LogP contribution in [0.3, 0.4) is 0 Å². The SMILES string of the molecule is Cc1noc(C)c1CN1CCN2C=C(C(=O)NCCC(F)(F)F)OC2=NC1=O. The standard InChI is InChI=1S/C16H18F3N5O4/c1-9-11(10(2)28-22-9)7-23-5-6-24-8-12(27-15(24)21-14(23)26)13(25)20-4-3-16(17,18)19/h8H,3-7H2,1-2H3,(H,20,25). The molecule has 1 aromatic rings. The number of hydrogen-bond donors (Lipinski definition) is 1. The lowest BCUT2D eigenvalue weighted by Crippen LogP contribution is -2.32. The largest absolute Gasteiger partial charge is 0.418 e. The zero-order valence-corrected chi connectivity index (χ0v) is 15.2. The molecular formula is C16H18F3N5O4. The highest BCUT2D eigenvalue weighted by molar-refractivity contribution is 5.99. The molecule has 28 heavy (non-hydrogen) atoms. The number of rotatable bonds is 5. The topological polar surface area (TPSA) is 100 Å². The summed E-state index contributed by atoms with van der Waals surface area (Å²) in [4.78, 5) is 31.1. The fourth-order valence-electron chi connectivity index (χ4n) is 2.68. The molecule has 0 bridgehead atoms. The van der Waals surface area contributed by atoms with Crippen LogP contribution in [0.15, 0.2) is 21.5 Å². The molecule has 3 heterocycles. The number of amidine groups is 1. The van der Waals surface area contributed by atoms with Crippen molar-refractivity contribution in [3.05, 3.63) is 29.0 Å². The third kappa shape index (κ3) is 4.43. The second-order valence-electron chi connectivity index (χ2n) is 6.31. The zero-order chi connectivity index (χ0) is 20.5. The zero-order valence-electron chi connectivity index (χ0n) is 15.2. The highest BCUT2D eigenvalue weighted by Gasteiger charge is 2.33. The number of ether oxygens (including phenoxy) is 1. The number of aryl methyl sites for hydroxylation is 2. The van der Waals surface area contributed by atoms with Gasteiger partial charge in [-0.3, -0.25) is 9.69 Å². The predicted molar refractivity (Wildman–Crippen MR) is 88.8 cm³/mol. The lowest BCUT2D eigenvalue weighted by atomic mass is 10.2. The number of urea groups is 1. The van der Waals surface area contributed by atoms with Gasteiger partial charge in [0, 0.05) is 25.2 Å². The molecule has 0 saturated carbocycles. The van der Waals surface area contributed by atoms with Crippen molar-refractivity contribution in [2.45, 2.75) is 33.0 Å². The lowest BCUT2D eigenvalue weighted by molar-refractivity contribution is -0.135. The number of carbonyl (C=O) groups is 2. The Morgan fingerprint density at radius 2 is 2.07 bits per heavy atom. The Hall–Kier alpha value is -3.05. The minimum absolute atomic E-state index is 0.0905. The summed E-state index contributed by atoms with van der Waals surface area (Å²) >= 11 is 0. The van der Waals surface area contributed by atoms with Gasteiger partial charge in [-0.1, -0.05) is 5.16 Å². The summed E-state index contributed by atoms with van der Waals surface area (Å²) in [5.74, 6) is -0.412. The molecule has 3 amide bonds. The Labute approximate surface area is 157 Å². The Morgan fingerprint density at radius 3 is 2.71 bits per heavy atom. The van der Waals surface area contributed by atoms with E-state index in [0.29, 0.717) is 24.5 Å². The summed E-state index contributed by atoms with van der Waals surface area (Å²) in [7, 11) is 0. The van der Waals surface area contributed by atoms with E-state index in [4.69, 9.17) is 9.26 Å². The summed E-state index contributed by atoms with van der Waals surface area (Å²) in [6.07, 6.45) is -4.20. The number of nitrogens with one attached hydrogen (secondary N) is 1. The van der Waals surface area contributed by atoms with Gasteiger partial charge in [0.1, 0.15) is 5.76 Å². The Bertz CT molecular complexity index is 826. The van der Waals surface area contributed by atoms with Crippen molar-refractivity contribution in [2.75, 3.05) is 19.6 Å². The first-order valence-corrected chi connectivity index (χ1v) is 8.44. The van der Waals surface area contributed by atoms with Crippen LogP contribution in [0.1, 0.15) is 23.4 Å². The molecule has 1 aromatic heterocycles. The van der Waals surface area contributed by atoms with Crippen LogP contribution >= 0.6 is 0 Å². The molecule has 0 spiro atoms. The first-order chi connectivity index (χ1) is 13.1. The van der Waals surface area contributed by atoms with E-state index in [1.54, 1.807) is 13.8 Å². The molecular weight excluding hydrogens is 383 g/mol. The Morgan fingerprint density at radius 1 is 1.32 bits per heavy atom. The van der Waals surface area contributed by atoms with E-state index in [1.165, 1.54) is 16.0 Å². The van der Waals surface area contributed by atoms with Gasteiger partial charge in [0.2, 0.25) is 5.76 Å². The van der Waals surface area contributed by atoms with Gasteiger partial charge >= 0.3 is 18.2 Å². The van der Waals surface area contributed by atoms with E-state index in [1.807, 2.05) is 0 Å². The highest BCUT2D eigenvalue weighted by atomic mass is 19.4. The number of aliphatic imine (C=N–C) groups is 1. The molecule has 0 fully saturated rings. The van der Waals surface area contributed by atoms with Gasteiger partial charge in [-0.05, 0) is 13.8 Å². The minimum atomic E-state index is -4.37. The third-order valence-corrected chi connectivity index (χ3v) is 4.24. The molecule has 1 N–H and O–H groups in total. The van der Waals surface area contributed by atoms with Crippen molar-refractivity contribution in [3.8, 4) is 0 Å². The predicted octanol–water partition coefficient (Wildman–Crippen LogP) is 1.83. The summed E-state index contributed by atoms with van der Waals surface area (Å²) in [5, 5.41) is 5.97. The lowest BCUT2D eigenvalue weighted by Gasteiger charge is -2.19. The van der Waals surface area contributed by atoms with Crippen LogP contribution in [-0.2, 0) is 16.1 Å². The minimum Gasteiger partial charge on any atom is -0.418 e. The number of amides is 3. The van der Waals surface area contributed by atoms with Gasteiger partial charge < -0.3 is 19.5 Å². The van der Waals surface area contributed by atoms with E-state index in [2.05, 4.69) is 15.5 Å². The summed E-state index contributed by atoms with van der Waals surface area (Å²) < 4.78 is 46.8. The van der Waals surface area contributed by atoms with Crippen LogP contribution in [-0.4, -0.2) is 58.7 Å². The molecule has 3 rings (SSSR count). The molecule has 2 aliphatic rings. The van der Waals surface area contributed by atoms with Crippen LogP contribution in [0.25, 0.3) is 0 Å². The van der Waals surface area contributed by atoms with Gasteiger partial charge in [-0.15, -0.1) is 4.99 Å². The van der Waals surface area contributed by atoms with Crippen molar-refractivity contribution in [1.82, 2.24) is 20.3 Å². The number of carbonyl (C=O) groups excluding carboxylic acids is 2. The van der Waals surface area contributed by atoms with Crippen LogP contribution in [0, 0.1) is 13.8 Å². The van der Waals surface area contributed by atoms with Gasteiger partial charge in [0.25, 0.3) is 5.91 Å². The molecule has 12 heteroatoms. The average molecular weight is 401 g/mol. The van der Waals surface area contributed by atoms with E-state index >= 15 is 0 Å². The van der Waals surface area contributed by atoms with E-state index in [-0.39, 0.29) is 18.3 Å². The fraction of sp³-hybridized carbons (Fsp3) is 0.500. The molecule has 0 aromatic carbocycles. The number of aromatic nitrogens is 1. The molecule has 0 radical (unpaired) electrons. The molecule has 0 unspecified atom stereocenters. The second kappa shape index (κ2) is 7.52. The normalized spacial score (nSPS) is 17.0. The average Bonchev–Trinajstić information content (AvgIpc) is 3.10. The summed E-state index contributed by atoms with van der Waals surface area (Å²) in [6.45, 7) is 3.80. The van der Waals surface area contributed by atoms with E-state index in [0.717, 1.165) is 5.56 Å². The smallest absolute Gasteiger partial charge is 0.390 e. The van der Waals surface area contributed by atoms with E-state index < -0.39 is 31.1 Å². The maximum absolute atomic E-state index is 12.4. The van der Waals surface area contributed by atoms with Crippen LogP contribution in [0.5, 0.6) is 0 Å². The van der Waals surface area contributed by atoms with Gasteiger partial charge in [0.15, 0.2) is 0 Å². The van der Waals surface area contributed by atoms with Gasteiger partial charge in [-0.2, -0.15) is 13.2 Å². The number of alkyl halides is 3. The van der Waals surface area contributed by atoms with Crippen molar-refractivity contribution in [2.24, 2.45) is 4.99 Å². The van der Waals surface area contributed by atoms with Crippen LogP contribution in [0.4, 0.5) is 18.0 Å². The first-order valence-electron chi connectivity index (χ1n) is 8.44. The maximum atomic E-state index is 12.4. The fourth-order valence-corrected chi connectivity index (χ4v) is 2.68. The van der Waals surface area contributed by atoms with Crippen molar-refractivity contribution in [3.63, 3.8) is 0 Å². The van der Waals surface area contributed by atoms with Crippen LogP contribution in [0.2, 0.25) is 0 Å². The van der Waals surface area contributed by atoms with Crippen LogP contribution < -0.4 is 5.32 Å². The van der Waals surface area contributed by atoms with E-state index in [9.17, 15) is 22.8 Å². The molecule has 0 aliphatic carbocycles. The van der Waals surface area contributed by atoms with Crippen molar-refractivity contribution in [1.29, 1.82) is 0 Å². The van der Waals surface area contributed by atoms with Gasteiger partial charge in [-0.25, -0.2) is 4.79 Å². The number of fused-ring (bicyclic) bond motifs is 1. The summed E-state index contributed by atoms with van der Waals surface area (Å²) in [6, 6.07) is -0.656. The Kier molecular flexibility index (Phi) is 5.29. The van der Waals surface area contributed by atoms with Gasteiger partial charge in [0.05, 0.1) is 24.9 Å². The third-order valence-electron chi connectivity index (χ3n) is 4.24. The molecule has 0 saturated heterocycles. The number of halogens is 3. The maximum Gasteiger partial charge on any atom is 0.390 e. The number of hydrogen-bond acceptors (Lipinski definition) is 6. The van der Waals surface area contributed by atoms with Crippen molar-refractivity contribution >= 4 is 18.0 Å². The highest BCUT2D eigenvalue weighted by Crippen LogP contribution is 2.21. The second-order valence-corrected chi connectivity index (χ2v) is 6.31.